The van der Waals surface area contributed by atoms with Crippen molar-refractivity contribution in [1.82, 2.24) is 0 Å². The molecule has 0 saturated heterocycles. The number of phenols is 1. The van der Waals surface area contributed by atoms with E-state index in [9.17, 15) is 14.7 Å². The summed E-state index contributed by atoms with van der Waals surface area (Å²) in [5.41, 5.74) is 5.53. The van der Waals surface area contributed by atoms with Crippen LogP contribution in [0, 0.1) is 45.3 Å². The van der Waals surface area contributed by atoms with Crippen LogP contribution >= 0.6 is 0 Å². The number of anilines is 1. The second kappa shape index (κ2) is 11.7. The highest BCUT2D eigenvalue weighted by molar-refractivity contribution is 6.21. The van der Waals surface area contributed by atoms with Gasteiger partial charge in [-0.15, -0.1) is 0 Å². The lowest BCUT2D eigenvalue weighted by Gasteiger charge is -2.59. The molecular weight excluding hydrogens is 566 g/mol. The van der Waals surface area contributed by atoms with Gasteiger partial charge in [0.25, 0.3) is 0 Å². The van der Waals surface area contributed by atoms with Crippen molar-refractivity contribution >= 4 is 17.3 Å². The predicted octanol–water partition coefficient (Wildman–Crippen LogP) is 10.3. The molecule has 248 valence electrons. The van der Waals surface area contributed by atoms with Crippen LogP contribution in [-0.4, -0.2) is 16.7 Å². The Kier molecular flexibility index (Phi) is 8.38. The van der Waals surface area contributed by atoms with E-state index in [2.05, 4.69) is 60.0 Å². The lowest BCUT2D eigenvalue weighted by atomic mass is 9.46. The molecule has 1 aromatic carbocycles. The molecule has 4 nitrogen and oxygen atoms in total. The largest absolute Gasteiger partial charge is 0.508 e. The quantitative estimate of drug-likeness (QED) is 0.188. The van der Waals surface area contributed by atoms with Crippen molar-refractivity contribution in [3.63, 3.8) is 0 Å². The predicted molar refractivity (Wildman–Crippen MR) is 188 cm³/mol. The van der Waals surface area contributed by atoms with Gasteiger partial charge < -0.3 is 10.4 Å². The Morgan fingerprint density at radius 2 is 1.33 bits per heavy atom. The SMILES string of the molecule is C=C1CCCC2C1(C)CCC(C)C2(C)CC1=CC(=O)C(Nc2ccc(O)c(CC3(C)C(C)CCC4(C)C(=C)CCCC43)c2)=CC1=O. The Labute approximate surface area is 277 Å². The van der Waals surface area contributed by atoms with E-state index in [0.717, 1.165) is 62.6 Å². The minimum absolute atomic E-state index is 0.0210. The van der Waals surface area contributed by atoms with E-state index in [-0.39, 0.29) is 39.0 Å². The summed E-state index contributed by atoms with van der Waals surface area (Å²) >= 11 is 0. The molecule has 0 spiro atoms. The fraction of sp³-hybridized carbons (Fsp3) is 0.619. The zero-order valence-electron chi connectivity index (χ0n) is 29.4. The van der Waals surface area contributed by atoms with Gasteiger partial charge in [0.15, 0.2) is 5.78 Å². The highest BCUT2D eigenvalue weighted by Crippen LogP contribution is 2.64. The van der Waals surface area contributed by atoms with Crippen LogP contribution in [0.2, 0.25) is 0 Å². The molecule has 0 aromatic heterocycles. The number of carbonyl (C=O) groups is 2. The van der Waals surface area contributed by atoms with Crippen molar-refractivity contribution in [1.29, 1.82) is 0 Å². The molecule has 4 heteroatoms. The molecule has 0 radical (unpaired) electrons. The standard InChI is InChI=1S/C42H57NO3/c1-26-11-9-13-37-39(26,5)19-17-28(3)41(37,7)24-30-21-32(15-16-34(30)44)43-33-23-35(45)31(22-36(33)46)25-42(8)29(4)18-20-40(6)27(2)12-10-14-38(40)42/h15-16,21-23,28-29,37-38,43-44H,1-2,9-14,17-20,24-25H2,3-8H3. The Hall–Kier alpha value is -2.88. The monoisotopic (exact) mass is 623 g/mol. The first kappa shape index (κ1) is 33.0. The summed E-state index contributed by atoms with van der Waals surface area (Å²) in [4.78, 5) is 27.2. The molecule has 0 bridgehead atoms. The maximum atomic E-state index is 13.6. The first-order valence-corrected chi connectivity index (χ1v) is 18.1. The molecule has 46 heavy (non-hydrogen) atoms. The third-order valence-electron chi connectivity index (χ3n) is 14.8. The first-order valence-electron chi connectivity index (χ1n) is 18.1. The number of allylic oxidation sites excluding steroid dienone is 5. The normalized spacial score (nSPS) is 39.7. The summed E-state index contributed by atoms with van der Waals surface area (Å²) in [6.45, 7) is 23.3. The van der Waals surface area contributed by atoms with Gasteiger partial charge in [-0.3, -0.25) is 9.59 Å². The van der Waals surface area contributed by atoms with Crippen LogP contribution in [0.1, 0.15) is 118 Å². The zero-order valence-corrected chi connectivity index (χ0v) is 29.4. The van der Waals surface area contributed by atoms with Gasteiger partial charge in [0, 0.05) is 17.3 Å². The van der Waals surface area contributed by atoms with Crippen molar-refractivity contribution in [2.24, 2.45) is 45.3 Å². The molecule has 4 saturated carbocycles. The number of ketones is 2. The molecule has 4 fully saturated rings. The van der Waals surface area contributed by atoms with Gasteiger partial charge >= 0.3 is 0 Å². The number of rotatable bonds is 6. The average molecular weight is 624 g/mol. The minimum atomic E-state index is -0.156. The summed E-state index contributed by atoms with van der Waals surface area (Å²) in [6, 6.07) is 5.51. The van der Waals surface area contributed by atoms with Gasteiger partial charge in [-0.05, 0) is 152 Å². The van der Waals surface area contributed by atoms with Crippen molar-refractivity contribution in [3.8, 4) is 5.75 Å². The Bertz CT molecular complexity index is 1530. The van der Waals surface area contributed by atoms with E-state index >= 15 is 0 Å². The molecular formula is C42H57NO3. The van der Waals surface area contributed by atoms with Gasteiger partial charge in [0.1, 0.15) is 5.75 Å². The Morgan fingerprint density at radius 3 is 1.89 bits per heavy atom. The van der Waals surface area contributed by atoms with E-state index in [0.29, 0.717) is 41.4 Å². The van der Waals surface area contributed by atoms with Crippen LogP contribution in [-0.2, 0) is 16.0 Å². The van der Waals surface area contributed by atoms with E-state index in [1.54, 1.807) is 18.2 Å². The third-order valence-corrected chi connectivity index (χ3v) is 14.8. The van der Waals surface area contributed by atoms with Gasteiger partial charge in [-0.1, -0.05) is 65.8 Å². The number of aromatic hydroxyl groups is 1. The fourth-order valence-electron chi connectivity index (χ4n) is 11.2. The number of nitrogens with one attached hydrogen (secondary N) is 1. The molecule has 5 aliphatic rings. The molecule has 2 N–H and O–H groups in total. The second-order valence-electron chi connectivity index (χ2n) is 17.1. The smallest absolute Gasteiger partial charge is 0.202 e. The lowest BCUT2D eigenvalue weighted by molar-refractivity contribution is -0.116. The molecule has 6 rings (SSSR count). The molecule has 0 amide bonds. The molecule has 1 aromatic rings. The summed E-state index contributed by atoms with van der Waals surface area (Å²) in [5, 5.41) is 14.3. The van der Waals surface area contributed by atoms with Gasteiger partial charge in [0.05, 0.1) is 5.70 Å². The van der Waals surface area contributed by atoms with Crippen molar-refractivity contribution in [2.75, 3.05) is 5.32 Å². The number of hydrogen-bond acceptors (Lipinski definition) is 4. The van der Waals surface area contributed by atoms with Crippen LogP contribution in [0.4, 0.5) is 5.69 Å². The van der Waals surface area contributed by atoms with E-state index in [1.807, 2.05) is 6.07 Å². The molecule has 0 heterocycles. The van der Waals surface area contributed by atoms with E-state index in [1.165, 1.54) is 36.5 Å². The summed E-state index contributed by atoms with van der Waals surface area (Å²) in [5.74, 6) is 2.03. The molecule has 0 aliphatic heterocycles. The topological polar surface area (TPSA) is 66.4 Å². The van der Waals surface area contributed by atoms with Crippen molar-refractivity contribution in [3.05, 3.63) is 71.5 Å². The van der Waals surface area contributed by atoms with E-state index < -0.39 is 0 Å². The number of phenolic OH excluding ortho intramolecular Hbond substituents is 1. The zero-order chi connectivity index (χ0) is 33.2. The Morgan fingerprint density at radius 1 is 0.783 bits per heavy atom. The molecule has 8 unspecified atom stereocenters. The second-order valence-corrected chi connectivity index (χ2v) is 17.1. The van der Waals surface area contributed by atoms with Crippen molar-refractivity contribution in [2.45, 2.75) is 119 Å². The lowest BCUT2D eigenvalue weighted by Crippen LogP contribution is -2.51. The van der Waals surface area contributed by atoms with Crippen LogP contribution < -0.4 is 5.32 Å². The van der Waals surface area contributed by atoms with Crippen LogP contribution in [0.3, 0.4) is 0 Å². The van der Waals surface area contributed by atoms with Gasteiger partial charge in [-0.2, -0.15) is 0 Å². The number of benzene rings is 1. The average Bonchev–Trinajstić information content (AvgIpc) is 3.00. The maximum absolute atomic E-state index is 13.6. The highest BCUT2D eigenvalue weighted by atomic mass is 16.3. The Balaban J connectivity index is 1.20. The summed E-state index contributed by atoms with van der Waals surface area (Å²) < 4.78 is 0. The van der Waals surface area contributed by atoms with Crippen LogP contribution in [0.15, 0.2) is 65.9 Å². The third kappa shape index (κ3) is 5.27. The minimum Gasteiger partial charge on any atom is -0.508 e. The fourth-order valence-corrected chi connectivity index (χ4v) is 11.2. The number of hydrogen-bond donors (Lipinski definition) is 2. The number of fused-ring (bicyclic) bond motifs is 2. The number of carbonyl (C=O) groups excluding carboxylic acids is 2. The van der Waals surface area contributed by atoms with Crippen molar-refractivity contribution < 1.29 is 14.7 Å². The van der Waals surface area contributed by atoms with Gasteiger partial charge in [-0.25, -0.2) is 0 Å². The van der Waals surface area contributed by atoms with E-state index in [4.69, 9.17) is 0 Å². The summed E-state index contributed by atoms with van der Waals surface area (Å²) in [7, 11) is 0. The first-order chi connectivity index (χ1) is 21.6. The summed E-state index contributed by atoms with van der Waals surface area (Å²) in [6.07, 6.45) is 16.0. The van der Waals surface area contributed by atoms with Crippen LogP contribution in [0.5, 0.6) is 5.75 Å². The maximum Gasteiger partial charge on any atom is 0.202 e. The highest BCUT2D eigenvalue weighted by Gasteiger charge is 2.55. The van der Waals surface area contributed by atoms with Crippen LogP contribution in [0.25, 0.3) is 0 Å². The van der Waals surface area contributed by atoms with Gasteiger partial charge in [0.2, 0.25) is 5.78 Å². The molecule has 5 aliphatic carbocycles. The molecule has 8 atom stereocenters.